The molecule has 1 N–H and O–H groups in total. The molecule has 1 heterocycles. The summed E-state index contributed by atoms with van der Waals surface area (Å²) in [6, 6.07) is 5.57. The van der Waals surface area contributed by atoms with E-state index in [0.29, 0.717) is 39.1 Å². The van der Waals surface area contributed by atoms with E-state index in [0.717, 1.165) is 15.7 Å². The number of piperazine rings is 1. The van der Waals surface area contributed by atoms with E-state index in [4.69, 9.17) is 0 Å². The maximum absolute atomic E-state index is 12.4. The van der Waals surface area contributed by atoms with Crippen molar-refractivity contribution in [2.24, 2.45) is 0 Å². The van der Waals surface area contributed by atoms with Crippen LogP contribution in [0, 0.1) is 6.92 Å². The third kappa shape index (κ3) is 7.13. The van der Waals surface area contributed by atoms with Gasteiger partial charge in [-0.1, -0.05) is 22.0 Å². The quantitative estimate of drug-likeness (QED) is 0.686. The van der Waals surface area contributed by atoms with Crippen LogP contribution in [-0.4, -0.2) is 67.9 Å². The van der Waals surface area contributed by atoms with Crippen molar-refractivity contribution in [3.8, 4) is 0 Å². The number of aryl methyl sites for hydroxylation is 1. The molecule has 0 atom stereocenters. The minimum Gasteiger partial charge on any atom is -0.372 e. The van der Waals surface area contributed by atoms with E-state index in [9.17, 15) is 18.0 Å². The lowest BCUT2D eigenvalue weighted by atomic mass is 10.2. The van der Waals surface area contributed by atoms with Gasteiger partial charge in [0.1, 0.15) is 6.61 Å². The van der Waals surface area contributed by atoms with Crippen molar-refractivity contribution < 1.29 is 22.7 Å². The molecular weight excluding hydrogens is 415 g/mol. The molecule has 0 saturated carbocycles. The molecule has 1 aliphatic rings. The summed E-state index contributed by atoms with van der Waals surface area (Å²) in [6.07, 6.45) is -3.73. The van der Waals surface area contributed by atoms with Gasteiger partial charge in [-0.05, 0) is 31.0 Å². The van der Waals surface area contributed by atoms with Gasteiger partial charge in [0.15, 0.2) is 0 Å². The van der Waals surface area contributed by atoms with Crippen LogP contribution in [0.5, 0.6) is 0 Å². The molecule has 1 aromatic rings. The molecule has 1 saturated heterocycles. The van der Waals surface area contributed by atoms with Crippen LogP contribution in [0.25, 0.3) is 0 Å². The Hall–Kier alpha value is -1.32. The number of halogens is 4. The standard InChI is InChI=1S/C17H23BrF3N3O2/c1-13-3-4-14(18)11-15(13)22-16(25)24-8-6-23(7-9-24)5-2-10-26-12-17(19,20)21/h3-4,11H,2,5-10,12H2,1H3,(H,22,25). The van der Waals surface area contributed by atoms with Gasteiger partial charge in [-0.2, -0.15) is 13.2 Å². The molecule has 2 amide bonds. The molecular formula is C17H23BrF3N3O2. The fourth-order valence-electron chi connectivity index (χ4n) is 2.68. The Labute approximate surface area is 159 Å². The molecule has 0 aromatic heterocycles. The molecule has 26 heavy (non-hydrogen) atoms. The van der Waals surface area contributed by atoms with E-state index in [2.05, 4.69) is 30.9 Å². The van der Waals surface area contributed by atoms with Crippen molar-refractivity contribution in [3.63, 3.8) is 0 Å². The summed E-state index contributed by atoms with van der Waals surface area (Å²) in [6.45, 7) is 4.05. The van der Waals surface area contributed by atoms with Crippen LogP contribution in [0.15, 0.2) is 22.7 Å². The van der Waals surface area contributed by atoms with Gasteiger partial charge in [-0.15, -0.1) is 0 Å². The molecule has 5 nitrogen and oxygen atoms in total. The van der Waals surface area contributed by atoms with Gasteiger partial charge in [0.05, 0.1) is 0 Å². The Morgan fingerprint density at radius 1 is 1.27 bits per heavy atom. The van der Waals surface area contributed by atoms with Crippen LogP contribution >= 0.6 is 15.9 Å². The number of carbonyl (C=O) groups excluding carboxylic acids is 1. The second kappa shape index (κ2) is 9.57. The summed E-state index contributed by atoms with van der Waals surface area (Å²) in [5.74, 6) is 0. The highest BCUT2D eigenvalue weighted by Crippen LogP contribution is 2.21. The van der Waals surface area contributed by atoms with Crippen molar-refractivity contribution in [3.05, 3.63) is 28.2 Å². The molecule has 146 valence electrons. The predicted octanol–water partition coefficient (Wildman–Crippen LogP) is 3.88. The van der Waals surface area contributed by atoms with Crippen LogP contribution in [0.1, 0.15) is 12.0 Å². The number of amides is 2. The SMILES string of the molecule is Cc1ccc(Br)cc1NC(=O)N1CCN(CCCOCC(F)(F)F)CC1. The lowest BCUT2D eigenvalue weighted by Gasteiger charge is -2.34. The Balaban J connectivity index is 1.67. The summed E-state index contributed by atoms with van der Waals surface area (Å²) >= 11 is 3.39. The number of alkyl halides is 3. The van der Waals surface area contributed by atoms with E-state index in [1.807, 2.05) is 25.1 Å². The van der Waals surface area contributed by atoms with Crippen LogP contribution < -0.4 is 5.32 Å². The highest BCUT2D eigenvalue weighted by Gasteiger charge is 2.27. The molecule has 0 aliphatic carbocycles. The molecule has 0 bridgehead atoms. The number of ether oxygens (including phenoxy) is 1. The maximum atomic E-state index is 12.4. The number of nitrogens with one attached hydrogen (secondary N) is 1. The van der Waals surface area contributed by atoms with E-state index >= 15 is 0 Å². The third-order valence-electron chi connectivity index (χ3n) is 4.13. The van der Waals surface area contributed by atoms with Gasteiger partial charge in [0.2, 0.25) is 0 Å². The maximum Gasteiger partial charge on any atom is 0.411 e. The first-order valence-corrected chi connectivity index (χ1v) is 9.23. The first kappa shape index (κ1) is 21.0. The first-order valence-electron chi connectivity index (χ1n) is 8.43. The lowest BCUT2D eigenvalue weighted by molar-refractivity contribution is -0.174. The second-order valence-corrected chi connectivity index (χ2v) is 7.16. The Morgan fingerprint density at radius 3 is 2.62 bits per heavy atom. The molecule has 1 aliphatic heterocycles. The zero-order valence-corrected chi connectivity index (χ0v) is 16.2. The molecule has 0 unspecified atom stereocenters. The van der Waals surface area contributed by atoms with Crippen LogP contribution in [0.3, 0.4) is 0 Å². The number of hydrogen-bond acceptors (Lipinski definition) is 3. The number of carbonyl (C=O) groups is 1. The van der Waals surface area contributed by atoms with Crippen LogP contribution in [0.2, 0.25) is 0 Å². The van der Waals surface area contributed by atoms with Crippen LogP contribution in [0.4, 0.5) is 23.7 Å². The summed E-state index contributed by atoms with van der Waals surface area (Å²) in [5, 5.41) is 2.92. The molecule has 2 rings (SSSR count). The molecule has 0 spiro atoms. The predicted molar refractivity (Wildman–Crippen MR) is 97.4 cm³/mol. The molecule has 9 heteroatoms. The zero-order valence-electron chi connectivity index (χ0n) is 14.6. The van der Waals surface area contributed by atoms with Gasteiger partial charge in [-0.25, -0.2) is 4.79 Å². The number of anilines is 1. The molecule has 1 aromatic carbocycles. The zero-order chi connectivity index (χ0) is 19.2. The average molecular weight is 438 g/mol. The van der Waals surface area contributed by atoms with Crippen molar-refractivity contribution in [1.29, 1.82) is 0 Å². The third-order valence-corrected chi connectivity index (χ3v) is 4.62. The normalized spacial score (nSPS) is 16.0. The Bertz CT molecular complexity index is 605. The second-order valence-electron chi connectivity index (χ2n) is 6.24. The highest BCUT2D eigenvalue weighted by molar-refractivity contribution is 9.10. The Morgan fingerprint density at radius 2 is 1.96 bits per heavy atom. The number of nitrogens with zero attached hydrogens (tertiary/aromatic N) is 2. The van der Waals surface area contributed by atoms with E-state index < -0.39 is 12.8 Å². The van der Waals surface area contributed by atoms with Crippen molar-refractivity contribution >= 4 is 27.6 Å². The summed E-state index contributed by atoms with van der Waals surface area (Å²) in [5.41, 5.74) is 1.76. The van der Waals surface area contributed by atoms with Crippen molar-refractivity contribution in [2.45, 2.75) is 19.5 Å². The van der Waals surface area contributed by atoms with Crippen molar-refractivity contribution in [1.82, 2.24) is 9.80 Å². The van der Waals surface area contributed by atoms with Gasteiger partial charge in [0, 0.05) is 49.5 Å². The highest BCUT2D eigenvalue weighted by atomic mass is 79.9. The lowest BCUT2D eigenvalue weighted by Crippen LogP contribution is -2.50. The monoisotopic (exact) mass is 437 g/mol. The smallest absolute Gasteiger partial charge is 0.372 e. The number of hydrogen-bond donors (Lipinski definition) is 1. The largest absolute Gasteiger partial charge is 0.411 e. The topological polar surface area (TPSA) is 44.8 Å². The average Bonchev–Trinajstić information content (AvgIpc) is 2.57. The summed E-state index contributed by atoms with van der Waals surface area (Å²) in [4.78, 5) is 16.3. The van der Waals surface area contributed by atoms with Gasteiger partial charge >= 0.3 is 12.2 Å². The fraction of sp³-hybridized carbons (Fsp3) is 0.588. The van der Waals surface area contributed by atoms with Crippen LogP contribution in [-0.2, 0) is 4.74 Å². The Kier molecular flexibility index (Phi) is 7.72. The fourth-order valence-corrected chi connectivity index (χ4v) is 3.04. The number of benzene rings is 1. The van der Waals surface area contributed by atoms with Gasteiger partial charge < -0.3 is 15.0 Å². The van der Waals surface area contributed by atoms with Gasteiger partial charge in [-0.3, -0.25) is 4.90 Å². The van der Waals surface area contributed by atoms with E-state index in [1.165, 1.54) is 0 Å². The minimum atomic E-state index is -4.27. The number of urea groups is 1. The minimum absolute atomic E-state index is 0.0857. The first-order chi connectivity index (χ1) is 12.2. The summed E-state index contributed by atoms with van der Waals surface area (Å²) < 4.78 is 41.4. The van der Waals surface area contributed by atoms with E-state index in [1.54, 1.807) is 4.90 Å². The van der Waals surface area contributed by atoms with E-state index in [-0.39, 0.29) is 12.6 Å². The van der Waals surface area contributed by atoms with Gasteiger partial charge in [0.25, 0.3) is 0 Å². The number of rotatable bonds is 6. The van der Waals surface area contributed by atoms with Crippen molar-refractivity contribution in [2.75, 3.05) is 51.3 Å². The molecule has 1 fully saturated rings. The summed E-state index contributed by atoms with van der Waals surface area (Å²) in [7, 11) is 0. The molecule has 0 radical (unpaired) electrons.